The van der Waals surface area contributed by atoms with Crippen molar-refractivity contribution >= 4 is 11.8 Å². The van der Waals surface area contributed by atoms with Gasteiger partial charge in [0.1, 0.15) is 0 Å². The van der Waals surface area contributed by atoms with E-state index in [1.807, 2.05) is 25.7 Å². The maximum Gasteiger partial charge on any atom is 2.00 e. The van der Waals surface area contributed by atoms with Gasteiger partial charge in [-0.05, 0) is 41.5 Å². The van der Waals surface area contributed by atoms with Gasteiger partial charge in [-0.25, -0.2) is 0 Å². The Labute approximate surface area is 144 Å². The molecule has 4 nitrogen and oxygen atoms in total. The summed E-state index contributed by atoms with van der Waals surface area (Å²) < 4.78 is 0. The molecule has 0 unspecified atom stereocenters. The smallest absolute Gasteiger partial charge is 0.517 e. The second-order valence-corrected chi connectivity index (χ2v) is 6.46. The van der Waals surface area contributed by atoms with Gasteiger partial charge in [0.15, 0.2) is 0 Å². The number of nitrogens with zero attached hydrogens (tertiary/aromatic N) is 2. The summed E-state index contributed by atoms with van der Waals surface area (Å²) in [4.78, 5) is 24.6. The molecule has 1 fully saturated rings. The largest absolute Gasteiger partial charge is 2.00 e. The van der Waals surface area contributed by atoms with Gasteiger partial charge in [0, 0.05) is 24.0 Å². The second kappa shape index (κ2) is 10.2. The summed E-state index contributed by atoms with van der Waals surface area (Å²) in [5.41, 5.74) is -0.159. The summed E-state index contributed by atoms with van der Waals surface area (Å²) in [5.74, 6) is 0.0463. The Morgan fingerprint density at radius 2 is 1.52 bits per heavy atom. The SMILES string of the molecule is C.C.CC(C)(C)N1CCC1=O.[CH2-]C(=O)N([CH2-])C(C)(C)C.[V+2]. The van der Waals surface area contributed by atoms with Crippen LogP contribution >= 0.6 is 0 Å². The van der Waals surface area contributed by atoms with E-state index >= 15 is 0 Å². The van der Waals surface area contributed by atoms with Gasteiger partial charge < -0.3 is 21.5 Å². The minimum absolute atomic E-state index is 0. The first-order chi connectivity index (χ1) is 7.87. The van der Waals surface area contributed by atoms with Gasteiger partial charge in [-0.2, -0.15) is 0 Å². The van der Waals surface area contributed by atoms with Gasteiger partial charge in [0.25, 0.3) is 0 Å². The average Bonchev–Trinajstić information content (AvgIpc) is 2.10. The van der Waals surface area contributed by atoms with Crippen molar-refractivity contribution in [2.75, 3.05) is 6.54 Å². The molecule has 0 N–H and O–H groups in total. The van der Waals surface area contributed by atoms with E-state index in [9.17, 15) is 9.59 Å². The summed E-state index contributed by atoms with van der Waals surface area (Å²) >= 11 is 0. The Bertz CT molecular complexity index is 297. The van der Waals surface area contributed by atoms with Gasteiger partial charge in [0.2, 0.25) is 5.91 Å². The minimum Gasteiger partial charge on any atom is -0.517 e. The number of β-lactam (4-membered cyclic amide) rings is 1. The van der Waals surface area contributed by atoms with Gasteiger partial charge in [-0.1, -0.05) is 14.9 Å². The van der Waals surface area contributed by atoms with Crippen molar-refractivity contribution in [1.29, 1.82) is 0 Å². The predicted molar refractivity (Wildman–Crippen MR) is 86.9 cm³/mol. The fraction of sp³-hybridized carbons (Fsp3) is 0.750. The van der Waals surface area contributed by atoms with Gasteiger partial charge in [0.05, 0.1) is 5.91 Å². The van der Waals surface area contributed by atoms with E-state index in [0.717, 1.165) is 13.0 Å². The summed E-state index contributed by atoms with van der Waals surface area (Å²) in [6.07, 6.45) is 0.747. The van der Waals surface area contributed by atoms with Crippen LogP contribution in [0.3, 0.4) is 0 Å². The molecule has 1 rings (SSSR count). The third kappa shape index (κ3) is 9.86. The van der Waals surface area contributed by atoms with Crippen LogP contribution in [0.2, 0.25) is 0 Å². The number of hydrogen-bond donors (Lipinski definition) is 0. The summed E-state index contributed by atoms with van der Waals surface area (Å²) in [6.45, 7) is 16.1. The molecule has 1 aliphatic rings. The molecule has 5 heteroatoms. The topological polar surface area (TPSA) is 40.6 Å². The van der Waals surface area contributed by atoms with E-state index in [4.69, 9.17) is 0 Å². The molecular weight excluding hydrogens is 303 g/mol. The van der Waals surface area contributed by atoms with Gasteiger partial charge in [-0.15, -0.1) is 0 Å². The number of likely N-dealkylation sites (tertiary alicyclic amines) is 1. The zero-order valence-electron chi connectivity index (χ0n) is 13.0. The Balaban J connectivity index is -0.000000120. The average molecular weight is 337 g/mol. The molecule has 2 amide bonds. The van der Waals surface area contributed by atoms with Crippen LogP contribution in [0.4, 0.5) is 0 Å². The van der Waals surface area contributed by atoms with Crippen LogP contribution in [-0.2, 0) is 28.1 Å². The Kier molecular flexibility index (Phi) is 13.8. The molecule has 1 aliphatic heterocycles. The minimum atomic E-state index is -0.248. The van der Waals surface area contributed by atoms with Gasteiger partial charge in [-0.3, -0.25) is 11.8 Å². The van der Waals surface area contributed by atoms with Crippen molar-refractivity contribution in [3.05, 3.63) is 14.0 Å². The maximum atomic E-state index is 10.8. The molecule has 1 heterocycles. The third-order valence-corrected chi connectivity index (χ3v) is 2.77. The van der Waals surface area contributed by atoms with Crippen molar-refractivity contribution in [2.45, 2.75) is 73.9 Å². The first-order valence-electron chi connectivity index (χ1n) is 6.14. The quantitative estimate of drug-likeness (QED) is 0.501. The molecule has 0 aliphatic carbocycles. The first-order valence-corrected chi connectivity index (χ1v) is 6.14. The molecule has 0 aromatic heterocycles. The van der Waals surface area contributed by atoms with Crippen molar-refractivity contribution in [3.8, 4) is 0 Å². The molecule has 0 atom stereocenters. The van der Waals surface area contributed by atoms with Crippen molar-refractivity contribution in [3.63, 3.8) is 0 Å². The zero-order chi connectivity index (χ0) is 14.7. The Hall–Kier alpha value is -0.606. The molecule has 125 valence electrons. The molecule has 0 aromatic rings. The van der Waals surface area contributed by atoms with Crippen LogP contribution in [0.1, 0.15) is 62.8 Å². The number of amides is 2. The van der Waals surface area contributed by atoms with Crippen molar-refractivity contribution in [1.82, 2.24) is 9.80 Å². The Morgan fingerprint density at radius 3 is 1.52 bits per heavy atom. The number of rotatable bonds is 0. The Morgan fingerprint density at radius 1 is 1.14 bits per heavy atom. The standard InChI is InChI=1S/2C7H13NO.2CH4.V/c1-7(2,3)8-5-4-6(8)9;1-6(9)8(5)7(2,3)4;;;/h4-5H2,1-3H3;1,5H2,2-4H3;2*1H4;/q;-2;;;+2. The van der Waals surface area contributed by atoms with E-state index < -0.39 is 0 Å². The maximum absolute atomic E-state index is 10.8. The van der Waals surface area contributed by atoms with E-state index in [0.29, 0.717) is 5.91 Å². The fourth-order valence-electron chi connectivity index (χ4n) is 1.40. The summed E-state index contributed by atoms with van der Waals surface area (Å²) in [6, 6.07) is 0. The van der Waals surface area contributed by atoms with Crippen LogP contribution in [-0.4, -0.2) is 39.2 Å². The van der Waals surface area contributed by atoms with E-state index in [1.165, 1.54) is 4.90 Å². The summed E-state index contributed by atoms with van der Waals surface area (Å²) in [7, 11) is 3.53. The molecule has 0 spiro atoms. The van der Waals surface area contributed by atoms with Crippen LogP contribution in [0, 0.1) is 14.0 Å². The van der Waals surface area contributed by atoms with E-state index in [2.05, 4.69) is 34.7 Å². The van der Waals surface area contributed by atoms with E-state index in [1.54, 1.807) is 0 Å². The fourth-order valence-corrected chi connectivity index (χ4v) is 1.40. The predicted octanol–water partition coefficient (Wildman–Crippen LogP) is 3.53. The third-order valence-electron chi connectivity index (χ3n) is 2.77. The van der Waals surface area contributed by atoms with Crippen LogP contribution in [0.5, 0.6) is 0 Å². The van der Waals surface area contributed by atoms with Crippen LogP contribution < -0.4 is 0 Å². The molecule has 0 saturated carbocycles. The number of carbonyl (C=O) groups excluding carboxylic acids is 2. The van der Waals surface area contributed by atoms with E-state index in [-0.39, 0.29) is 50.4 Å². The normalized spacial score (nSPS) is 13.3. The molecule has 0 bridgehead atoms. The van der Waals surface area contributed by atoms with Crippen LogP contribution in [0.25, 0.3) is 0 Å². The molecule has 1 radical (unpaired) electrons. The van der Waals surface area contributed by atoms with Crippen molar-refractivity contribution in [2.24, 2.45) is 0 Å². The van der Waals surface area contributed by atoms with Crippen LogP contribution in [0.15, 0.2) is 0 Å². The second-order valence-electron chi connectivity index (χ2n) is 6.46. The molecule has 21 heavy (non-hydrogen) atoms. The first kappa shape index (κ1) is 28.5. The molecular formula is C16H34N2O2V. The number of carbonyl (C=O) groups is 2. The molecule has 0 aromatic carbocycles. The summed E-state index contributed by atoms with van der Waals surface area (Å²) in [5, 5.41) is 0. The zero-order valence-corrected chi connectivity index (χ0v) is 14.4. The number of hydrogen-bond acceptors (Lipinski definition) is 2. The van der Waals surface area contributed by atoms with Crippen molar-refractivity contribution < 1.29 is 28.1 Å². The van der Waals surface area contributed by atoms with Gasteiger partial charge >= 0.3 is 18.6 Å². The monoisotopic (exact) mass is 337 g/mol. The molecule has 1 saturated heterocycles.